The topological polar surface area (TPSA) is 86.7 Å². The predicted octanol–water partition coefficient (Wildman–Crippen LogP) is 7.38. The Morgan fingerprint density at radius 3 is 0.976 bits per heavy atom. The van der Waals surface area contributed by atoms with Gasteiger partial charge in [-0.25, -0.2) is 0 Å². The van der Waals surface area contributed by atoms with E-state index >= 15 is 0 Å². The largest absolute Gasteiger partial charge is 0.543 e. The smallest absolute Gasteiger partial charge is 0.250 e. The van der Waals surface area contributed by atoms with E-state index in [1.807, 2.05) is 0 Å². The Morgan fingerprint density at radius 2 is 0.690 bits per heavy atom. The van der Waals surface area contributed by atoms with Crippen molar-refractivity contribution in [3.8, 4) is 11.5 Å². The highest BCUT2D eigenvalue weighted by molar-refractivity contribution is 6.75. The molecule has 5 aromatic rings. The lowest BCUT2D eigenvalue weighted by Gasteiger charge is -2.36. The molecule has 0 aliphatic heterocycles. The summed E-state index contributed by atoms with van der Waals surface area (Å²) >= 11 is 0. The Labute approximate surface area is 246 Å². The summed E-state index contributed by atoms with van der Waals surface area (Å²) in [6.45, 7) is 21.2. The Bertz CT molecular complexity index is 1990. The summed E-state index contributed by atoms with van der Waals surface area (Å²) in [5, 5.41) is 1.41. The van der Waals surface area contributed by atoms with Gasteiger partial charge in [-0.3, -0.25) is 19.2 Å². The first kappa shape index (κ1) is 29.9. The molecule has 0 heterocycles. The number of fused-ring (bicyclic) bond motifs is 4. The molecular weight excluding hydrogens is 561 g/mol. The Kier molecular flexibility index (Phi) is 6.71. The van der Waals surface area contributed by atoms with Crippen LogP contribution in [0.5, 0.6) is 11.5 Å². The van der Waals surface area contributed by atoms with Crippen molar-refractivity contribution >= 4 is 59.7 Å². The molecule has 0 unspecified atom stereocenters. The van der Waals surface area contributed by atoms with Crippen LogP contribution in [-0.2, 0) is 0 Å². The van der Waals surface area contributed by atoms with Gasteiger partial charge in [0.25, 0.3) is 0 Å². The molecule has 0 bridgehead atoms. The fourth-order valence-electron chi connectivity index (χ4n) is 4.77. The molecule has 6 nitrogen and oxygen atoms in total. The van der Waals surface area contributed by atoms with Crippen molar-refractivity contribution in [2.45, 2.75) is 77.8 Å². The molecular formula is C34H38O6Si2. The summed E-state index contributed by atoms with van der Waals surface area (Å²) in [5.74, 6) is 1.08. The summed E-state index contributed by atoms with van der Waals surface area (Å²) in [6.07, 6.45) is 0. The second-order valence-electron chi connectivity index (χ2n) is 14.4. The number of rotatable bonds is 4. The average Bonchev–Trinajstić information content (AvgIpc) is 2.88. The van der Waals surface area contributed by atoms with Gasteiger partial charge in [0.2, 0.25) is 16.6 Å². The molecule has 8 heteroatoms. The van der Waals surface area contributed by atoms with Crippen LogP contribution in [0.2, 0.25) is 36.3 Å². The normalized spacial score (nSPS) is 13.4. The van der Waals surface area contributed by atoms with Crippen molar-refractivity contribution in [3.63, 3.8) is 0 Å². The van der Waals surface area contributed by atoms with Crippen LogP contribution in [0.3, 0.4) is 0 Å². The van der Waals surface area contributed by atoms with Gasteiger partial charge in [-0.15, -0.1) is 0 Å². The first-order valence-electron chi connectivity index (χ1n) is 14.3. The molecule has 0 saturated carbocycles. The lowest BCUT2D eigenvalue weighted by molar-refractivity contribution is 0.492. The molecule has 0 aliphatic rings. The molecule has 0 aliphatic carbocycles. The van der Waals surface area contributed by atoms with Crippen molar-refractivity contribution in [1.82, 2.24) is 0 Å². The van der Waals surface area contributed by atoms with E-state index in [0.717, 1.165) is 0 Å². The maximum Gasteiger partial charge on any atom is 0.250 e. The van der Waals surface area contributed by atoms with Crippen molar-refractivity contribution < 1.29 is 8.85 Å². The van der Waals surface area contributed by atoms with Crippen LogP contribution in [-0.4, -0.2) is 16.6 Å². The predicted molar refractivity (Wildman–Crippen MR) is 180 cm³/mol. The van der Waals surface area contributed by atoms with E-state index in [9.17, 15) is 19.2 Å². The maximum absolute atomic E-state index is 13.8. The Hall–Kier alpha value is -3.63. The Balaban J connectivity index is 1.75. The molecule has 0 amide bonds. The van der Waals surface area contributed by atoms with Crippen LogP contribution < -0.4 is 30.6 Å². The number of benzene rings is 5. The fraction of sp³-hybridized carbons (Fsp3) is 0.353. The van der Waals surface area contributed by atoms with E-state index in [4.69, 9.17) is 8.85 Å². The first-order chi connectivity index (χ1) is 19.2. The number of hydrogen-bond acceptors (Lipinski definition) is 6. The monoisotopic (exact) mass is 598 g/mol. The van der Waals surface area contributed by atoms with E-state index in [1.54, 1.807) is 36.4 Å². The fourth-order valence-corrected chi connectivity index (χ4v) is 6.82. The van der Waals surface area contributed by atoms with E-state index in [1.165, 1.54) is 12.1 Å². The van der Waals surface area contributed by atoms with Crippen molar-refractivity contribution in [2.75, 3.05) is 0 Å². The molecule has 5 rings (SSSR count). The van der Waals surface area contributed by atoms with E-state index in [2.05, 4.69) is 67.7 Å². The van der Waals surface area contributed by atoms with Gasteiger partial charge >= 0.3 is 0 Å². The third-order valence-corrected chi connectivity index (χ3v) is 18.2. The SMILES string of the molecule is CC(C)(C)[Si](C)(C)Oc1ccc2c(=O)c3cc4c(=O)c5ccc(O[Si](C)(C)C(C)(C)C)cc5c(=O)c4cc3c(=O)c2c1. The van der Waals surface area contributed by atoms with Crippen LogP contribution in [0.4, 0.5) is 0 Å². The minimum atomic E-state index is -2.19. The third-order valence-electron chi connectivity index (χ3n) is 9.46. The van der Waals surface area contributed by atoms with Gasteiger partial charge in [0.15, 0.2) is 21.7 Å². The van der Waals surface area contributed by atoms with Gasteiger partial charge < -0.3 is 8.85 Å². The molecule has 0 aromatic heterocycles. The molecule has 0 N–H and O–H groups in total. The third kappa shape index (κ3) is 4.70. The average molecular weight is 599 g/mol. The van der Waals surface area contributed by atoms with E-state index in [-0.39, 0.29) is 74.9 Å². The van der Waals surface area contributed by atoms with Gasteiger partial charge in [0.05, 0.1) is 0 Å². The van der Waals surface area contributed by atoms with Crippen LogP contribution in [0.15, 0.2) is 67.7 Å². The minimum absolute atomic E-state index is 0.0484. The zero-order valence-electron chi connectivity index (χ0n) is 26.1. The summed E-state index contributed by atoms with van der Waals surface area (Å²) in [6, 6.07) is 12.8. The maximum atomic E-state index is 13.8. The summed E-state index contributed by atoms with van der Waals surface area (Å²) in [4.78, 5) is 54.8. The zero-order chi connectivity index (χ0) is 31.2. The summed E-state index contributed by atoms with van der Waals surface area (Å²) in [7, 11) is -4.38. The second kappa shape index (κ2) is 9.44. The summed E-state index contributed by atoms with van der Waals surface area (Å²) < 4.78 is 12.8. The molecule has 42 heavy (non-hydrogen) atoms. The highest BCUT2D eigenvalue weighted by atomic mass is 28.4. The van der Waals surface area contributed by atoms with Crippen molar-refractivity contribution in [3.05, 3.63) is 89.4 Å². The molecule has 0 radical (unpaired) electrons. The molecule has 0 fully saturated rings. The van der Waals surface area contributed by atoms with Crippen molar-refractivity contribution in [2.24, 2.45) is 0 Å². The van der Waals surface area contributed by atoms with Crippen molar-refractivity contribution in [1.29, 1.82) is 0 Å². The molecule has 0 saturated heterocycles. The first-order valence-corrected chi connectivity index (χ1v) is 20.1. The van der Waals surface area contributed by atoms with Gasteiger partial charge in [-0.2, -0.15) is 0 Å². The van der Waals surface area contributed by atoms with Crippen LogP contribution in [0.25, 0.3) is 43.1 Å². The number of hydrogen-bond donors (Lipinski definition) is 0. The highest BCUT2D eigenvalue weighted by Gasteiger charge is 2.40. The minimum Gasteiger partial charge on any atom is -0.543 e. The standard InChI is InChI=1S/C34H38O6Si2/c1-33(2,3)41(7,8)39-19-11-13-21-23(15-19)31(37)27-18-28-26(17-25(27)29(21)35)30(36)22-14-12-20(16-24(22)32(28)38)40-42(9,10)34(4,5)6/h11-18H,1-10H3. The zero-order valence-corrected chi connectivity index (χ0v) is 28.1. The molecule has 218 valence electrons. The lowest BCUT2D eigenvalue weighted by atomic mass is 9.96. The van der Waals surface area contributed by atoms with Crippen LogP contribution in [0.1, 0.15) is 41.5 Å². The lowest BCUT2D eigenvalue weighted by Crippen LogP contribution is -2.43. The quantitative estimate of drug-likeness (QED) is 0.158. The van der Waals surface area contributed by atoms with Gasteiger partial charge in [0, 0.05) is 43.1 Å². The van der Waals surface area contributed by atoms with E-state index < -0.39 is 16.6 Å². The van der Waals surface area contributed by atoms with Gasteiger partial charge in [-0.05, 0) is 84.8 Å². The second-order valence-corrected chi connectivity index (χ2v) is 23.8. The molecule has 0 atom stereocenters. The van der Waals surface area contributed by atoms with Gasteiger partial charge in [-0.1, -0.05) is 41.5 Å². The van der Waals surface area contributed by atoms with E-state index in [0.29, 0.717) is 11.5 Å². The molecule has 5 aromatic carbocycles. The van der Waals surface area contributed by atoms with Crippen LogP contribution >= 0.6 is 0 Å². The van der Waals surface area contributed by atoms with Crippen LogP contribution in [0, 0.1) is 0 Å². The summed E-state index contributed by atoms with van der Waals surface area (Å²) in [5.41, 5.74) is -1.45. The highest BCUT2D eigenvalue weighted by Crippen LogP contribution is 2.39. The van der Waals surface area contributed by atoms with Gasteiger partial charge in [0.1, 0.15) is 11.5 Å². The molecule has 0 spiro atoms. The Morgan fingerprint density at radius 1 is 0.429 bits per heavy atom.